The smallest absolute Gasteiger partial charge is 0.335 e. The zero-order chi connectivity index (χ0) is 17.6. The van der Waals surface area contributed by atoms with E-state index < -0.39 is 5.97 Å². The molecule has 0 aromatic heterocycles. The van der Waals surface area contributed by atoms with Gasteiger partial charge in [-0.1, -0.05) is 86.0 Å². The SMILES string of the molecule is CCC[B]Cc1cccc(C(=O)O)c1.ONSCc1ccccc1. The third kappa shape index (κ3) is 8.77. The molecule has 0 aliphatic rings. The van der Waals surface area contributed by atoms with E-state index in [0.29, 0.717) is 5.56 Å². The van der Waals surface area contributed by atoms with Gasteiger partial charge in [0.25, 0.3) is 0 Å². The van der Waals surface area contributed by atoms with Crippen molar-refractivity contribution in [2.75, 3.05) is 0 Å². The van der Waals surface area contributed by atoms with Crippen molar-refractivity contribution >= 4 is 25.2 Å². The van der Waals surface area contributed by atoms with Crippen LogP contribution in [0.5, 0.6) is 0 Å². The Kier molecular flexibility index (Phi) is 10.7. The molecule has 0 bridgehead atoms. The molecule has 0 saturated carbocycles. The average Bonchev–Trinajstić information content (AvgIpc) is 2.62. The first-order valence-corrected chi connectivity index (χ1v) is 8.84. The van der Waals surface area contributed by atoms with E-state index in [1.54, 1.807) is 18.2 Å². The summed E-state index contributed by atoms with van der Waals surface area (Å²) in [5.41, 5.74) is 2.64. The Bertz CT molecular complexity index is 596. The van der Waals surface area contributed by atoms with Crippen molar-refractivity contribution in [2.45, 2.75) is 31.7 Å². The van der Waals surface area contributed by atoms with Crippen LogP contribution in [-0.4, -0.2) is 23.6 Å². The zero-order valence-corrected chi connectivity index (χ0v) is 14.6. The van der Waals surface area contributed by atoms with Gasteiger partial charge in [0.2, 0.25) is 0 Å². The molecular formula is C18H23BNO3S. The Morgan fingerprint density at radius 1 is 1.12 bits per heavy atom. The molecule has 0 aliphatic carbocycles. The minimum absolute atomic E-state index is 0.368. The molecule has 24 heavy (non-hydrogen) atoms. The second kappa shape index (κ2) is 12.6. The lowest BCUT2D eigenvalue weighted by atomic mass is 9.68. The van der Waals surface area contributed by atoms with Gasteiger partial charge in [-0.05, 0) is 17.7 Å². The van der Waals surface area contributed by atoms with Gasteiger partial charge in [0.05, 0.1) is 5.56 Å². The summed E-state index contributed by atoms with van der Waals surface area (Å²) in [6.45, 7) is 2.13. The molecule has 2 aromatic carbocycles. The van der Waals surface area contributed by atoms with Crippen molar-refractivity contribution in [1.82, 2.24) is 4.89 Å². The minimum Gasteiger partial charge on any atom is -0.478 e. The van der Waals surface area contributed by atoms with Crippen LogP contribution in [0.25, 0.3) is 0 Å². The number of carboxylic acid groups (broad SMARTS) is 1. The van der Waals surface area contributed by atoms with Crippen molar-refractivity contribution in [3.63, 3.8) is 0 Å². The summed E-state index contributed by atoms with van der Waals surface area (Å²) < 4.78 is 0. The van der Waals surface area contributed by atoms with E-state index in [1.165, 1.54) is 17.5 Å². The van der Waals surface area contributed by atoms with Crippen LogP contribution in [0.15, 0.2) is 54.6 Å². The summed E-state index contributed by atoms with van der Waals surface area (Å²) in [6.07, 6.45) is 3.07. The average molecular weight is 344 g/mol. The molecule has 3 N–H and O–H groups in total. The van der Waals surface area contributed by atoms with E-state index >= 15 is 0 Å². The lowest BCUT2D eigenvalue weighted by Crippen LogP contribution is -2.00. The van der Waals surface area contributed by atoms with Crippen LogP contribution in [0, 0.1) is 0 Å². The molecule has 0 aliphatic heterocycles. The summed E-state index contributed by atoms with van der Waals surface area (Å²) in [7, 11) is 2.18. The molecule has 0 amide bonds. The van der Waals surface area contributed by atoms with Gasteiger partial charge in [0.15, 0.2) is 0 Å². The Labute approximate surface area is 148 Å². The highest BCUT2D eigenvalue weighted by atomic mass is 32.2. The largest absolute Gasteiger partial charge is 0.478 e. The lowest BCUT2D eigenvalue weighted by molar-refractivity contribution is 0.0696. The molecule has 0 unspecified atom stereocenters. The quantitative estimate of drug-likeness (QED) is 0.289. The standard InChI is InChI=1S/C11H14BO2.C7H9NOS/c1-2-6-12-8-9-4-3-5-10(7-9)11(13)14;9-8-10-6-7-4-2-1-3-5-7/h3-5,7H,2,6,8H2,1H3,(H,13,14);1-5,8-9H,6H2. The monoisotopic (exact) mass is 344 g/mol. The maximum absolute atomic E-state index is 10.7. The van der Waals surface area contributed by atoms with Crippen molar-refractivity contribution in [2.24, 2.45) is 0 Å². The predicted molar refractivity (Wildman–Crippen MR) is 101 cm³/mol. The fourth-order valence-electron chi connectivity index (χ4n) is 1.99. The third-order valence-electron chi connectivity index (χ3n) is 3.19. The van der Waals surface area contributed by atoms with Crippen molar-refractivity contribution in [1.29, 1.82) is 0 Å². The number of rotatable bonds is 8. The van der Waals surface area contributed by atoms with Crippen LogP contribution in [0.4, 0.5) is 0 Å². The van der Waals surface area contributed by atoms with Crippen LogP contribution in [0.2, 0.25) is 6.32 Å². The Morgan fingerprint density at radius 3 is 2.46 bits per heavy atom. The van der Waals surface area contributed by atoms with Crippen molar-refractivity contribution in [3.8, 4) is 0 Å². The van der Waals surface area contributed by atoms with Gasteiger partial charge in [-0.2, -0.15) is 0 Å². The normalized spacial score (nSPS) is 9.75. The number of hydrogen-bond donors (Lipinski definition) is 3. The van der Waals surface area contributed by atoms with Gasteiger partial charge in [0, 0.05) is 5.75 Å². The molecule has 2 rings (SSSR count). The van der Waals surface area contributed by atoms with Crippen LogP contribution >= 0.6 is 11.9 Å². The van der Waals surface area contributed by atoms with Gasteiger partial charge in [0.1, 0.15) is 7.28 Å². The molecule has 2 aromatic rings. The predicted octanol–water partition coefficient (Wildman–Crippen LogP) is 4.23. The van der Waals surface area contributed by atoms with E-state index in [2.05, 4.69) is 14.2 Å². The molecule has 0 atom stereocenters. The van der Waals surface area contributed by atoms with Crippen LogP contribution < -0.4 is 4.89 Å². The maximum atomic E-state index is 10.7. The summed E-state index contributed by atoms with van der Waals surface area (Å²) in [6, 6.07) is 17.1. The number of hydrogen-bond acceptors (Lipinski definition) is 4. The number of nitrogens with one attached hydrogen (secondary N) is 1. The Morgan fingerprint density at radius 2 is 1.83 bits per heavy atom. The Hall–Kier alpha value is -1.76. The first-order valence-electron chi connectivity index (χ1n) is 7.86. The van der Waals surface area contributed by atoms with Gasteiger partial charge < -0.3 is 10.3 Å². The number of benzene rings is 2. The second-order valence-electron chi connectivity index (χ2n) is 5.15. The molecule has 0 heterocycles. The fourth-order valence-corrected chi connectivity index (χ4v) is 2.42. The van der Waals surface area contributed by atoms with Crippen LogP contribution in [0.3, 0.4) is 0 Å². The number of carbonyl (C=O) groups is 1. The van der Waals surface area contributed by atoms with Gasteiger partial charge in [-0.15, -0.1) is 4.89 Å². The third-order valence-corrected chi connectivity index (χ3v) is 3.80. The summed E-state index contributed by atoms with van der Waals surface area (Å²) in [4.78, 5) is 12.7. The van der Waals surface area contributed by atoms with Gasteiger partial charge in [-0.3, -0.25) is 0 Å². The molecule has 6 heteroatoms. The molecular weight excluding hydrogens is 321 g/mol. The Balaban J connectivity index is 0.000000254. The van der Waals surface area contributed by atoms with E-state index in [9.17, 15) is 4.79 Å². The maximum Gasteiger partial charge on any atom is 0.335 e. The fraction of sp³-hybridized carbons (Fsp3) is 0.278. The summed E-state index contributed by atoms with van der Waals surface area (Å²) >= 11 is 1.27. The minimum atomic E-state index is -0.859. The van der Waals surface area contributed by atoms with E-state index in [-0.39, 0.29) is 0 Å². The zero-order valence-electron chi connectivity index (χ0n) is 13.8. The molecule has 1 radical (unpaired) electrons. The van der Waals surface area contributed by atoms with Crippen LogP contribution in [0.1, 0.15) is 34.8 Å². The summed E-state index contributed by atoms with van der Waals surface area (Å²) in [5.74, 6) is -0.0699. The molecule has 4 nitrogen and oxygen atoms in total. The molecule has 127 valence electrons. The highest BCUT2D eigenvalue weighted by Crippen LogP contribution is 2.07. The molecule has 0 saturated heterocycles. The number of aromatic carboxylic acids is 1. The van der Waals surface area contributed by atoms with Crippen molar-refractivity contribution in [3.05, 3.63) is 71.3 Å². The highest BCUT2D eigenvalue weighted by molar-refractivity contribution is 7.96. The van der Waals surface area contributed by atoms with E-state index in [0.717, 1.165) is 30.4 Å². The van der Waals surface area contributed by atoms with Gasteiger partial charge in [-0.25, -0.2) is 4.79 Å². The lowest BCUT2D eigenvalue weighted by Gasteiger charge is -2.00. The first-order chi connectivity index (χ1) is 11.7. The molecule has 0 spiro atoms. The topological polar surface area (TPSA) is 69.6 Å². The molecule has 0 fully saturated rings. The second-order valence-corrected chi connectivity index (χ2v) is 5.91. The van der Waals surface area contributed by atoms with Crippen LogP contribution in [-0.2, 0) is 12.1 Å². The van der Waals surface area contributed by atoms with E-state index in [4.69, 9.17) is 10.3 Å². The number of carboxylic acids is 1. The van der Waals surface area contributed by atoms with Crippen molar-refractivity contribution < 1.29 is 15.1 Å². The van der Waals surface area contributed by atoms with Gasteiger partial charge >= 0.3 is 5.97 Å². The van der Waals surface area contributed by atoms with E-state index in [1.807, 2.05) is 41.3 Å². The summed E-state index contributed by atoms with van der Waals surface area (Å²) in [5, 5.41) is 17.0. The highest BCUT2D eigenvalue weighted by Gasteiger charge is 2.02. The first kappa shape index (κ1) is 20.3.